The Balaban J connectivity index is 2.75. The summed E-state index contributed by atoms with van der Waals surface area (Å²) < 4.78 is 5.45. The molecule has 1 aromatic rings. The molecular weight excluding hydrogens is 310 g/mol. The van der Waals surface area contributed by atoms with Gasteiger partial charge in [-0.25, -0.2) is 5.48 Å². The normalized spacial score (nSPS) is 12.5. The fourth-order valence-corrected chi connectivity index (χ4v) is 1.87. The minimum Gasteiger partial charge on any atom is -0.490 e. The maximum Gasteiger partial charge on any atom is 0.267 e. The van der Waals surface area contributed by atoms with Gasteiger partial charge in [-0.2, -0.15) is 0 Å². The number of amides is 2. The molecule has 130 valence electrons. The Labute approximate surface area is 141 Å². The van der Waals surface area contributed by atoms with Gasteiger partial charge in [-0.15, -0.1) is 0 Å². The molecule has 0 aliphatic heterocycles. The number of nitrogens with one attached hydrogen (secondary N) is 2. The van der Waals surface area contributed by atoms with E-state index in [1.807, 2.05) is 0 Å². The molecule has 1 aromatic carbocycles. The average molecular weight is 333 g/mol. The van der Waals surface area contributed by atoms with Gasteiger partial charge in [-0.3, -0.25) is 14.8 Å². The summed E-state index contributed by atoms with van der Waals surface area (Å²) in [5.74, 6) is -0.672. The van der Waals surface area contributed by atoms with Gasteiger partial charge in [0.05, 0.1) is 0 Å². The molecule has 0 spiro atoms. The summed E-state index contributed by atoms with van der Waals surface area (Å²) in [6, 6.07) is 5.34. The van der Waals surface area contributed by atoms with Crippen molar-refractivity contribution in [3.8, 4) is 5.75 Å². The third-order valence-electron chi connectivity index (χ3n) is 3.13. The second kappa shape index (κ2) is 8.85. The summed E-state index contributed by atoms with van der Waals surface area (Å²) in [4.78, 5) is 23.9. The summed E-state index contributed by atoms with van der Waals surface area (Å²) in [5, 5.41) is 11.3. The molecule has 2 amide bonds. The van der Waals surface area contributed by atoms with E-state index in [1.165, 1.54) is 5.48 Å². The monoisotopic (exact) mass is 333 g/mol. The summed E-state index contributed by atoms with van der Waals surface area (Å²) in [6.07, 6.45) is 5.21. The Morgan fingerprint density at radius 1 is 1.38 bits per heavy atom. The van der Waals surface area contributed by atoms with Crippen LogP contribution in [-0.2, 0) is 4.79 Å². The third-order valence-corrected chi connectivity index (χ3v) is 3.13. The Kier molecular flexibility index (Phi) is 7.16. The molecule has 1 rings (SSSR count). The number of hydroxylamine groups is 1. The van der Waals surface area contributed by atoms with Crippen molar-refractivity contribution in [2.24, 2.45) is 5.73 Å². The van der Waals surface area contributed by atoms with Crippen molar-refractivity contribution in [1.82, 2.24) is 10.8 Å². The minimum absolute atomic E-state index is 0.337. The number of benzene rings is 1. The zero-order valence-corrected chi connectivity index (χ0v) is 13.8. The van der Waals surface area contributed by atoms with Crippen molar-refractivity contribution in [2.45, 2.75) is 25.4 Å². The number of rotatable bonds is 8. The summed E-state index contributed by atoms with van der Waals surface area (Å²) in [7, 11) is 0. The maximum absolute atomic E-state index is 12.2. The number of carbonyl (C=O) groups is 2. The number of hydrogen-bond acceptors (Lipinski definition) is 5. The second-order valence-electron chi connectivity index (χ2n) is 5.70. The first-order chi connectivity index (χ1) is 11.3. The van der Waals surface area contributed by atoms with E-state index in [0.29, 0.717) is 17.9 Å². The van der Waals surface area contributed by atoms with Crippen LogP contribution in [0.5, 0.6) is 5.75 Å². The highest BCUT2D eigenvalue weighted by Gasteiger charge is 2.33. The van der Waals surface area contributed by atoms with Crippen LogP contribution in [0.15, 0.2) is 49.1 Å². The van der Waals surface area contributed by atoms with Crippen LogP contribution in [0.2, 0.25) is 0 Å². The van der Waals surface area contributed by atoms with Gasteiger partial charge in [0.2, 0.25) is 0 Å². The minimum atomic E-state index is -1.09. The molecule has 0 aliphatic carbocycles. The van der Waals surface area contributed by atoms with Gasteiger partial charge in [0, 0.05) is 11.1 Å². The van der Waals surface area contributed by atoms with E-state index >= 15 is 0 Å². The lowest BCUT2D eigenvalue weighted by atomic mass is 9.95. The van der Waals surface area contributed by atoms with Gasteiger partial charge < -0.3 is 15.8 Å². The van der Waals surface area contributed by atoms with Crippen molar-refractivity contribution < 1.29 is 19.5 Å². The smallest absolute Gasteiger partial charge is 0.267 e. The van der Waals surface area contributed by atoms with Gasteiger partial charge in [-0.1, -0.05) is 18.7 Å². The SMILES string of the molecule is C=C/C=C/COc1ccc(C(=O)NC(C(=O)NO)C(C)(C)N)cc1. The molecule has 0 saturated carbocycles. The zero-order valence-electron chi connectivity index (χ0n) is 13.8. The molecule has 0 heterocycles. The standard InChI is InChI=1S/C17H23N3O4/c1-4-5-6-11-24-13-9-7-12(8-10-13)15(21)19-14(16(22)20-23)17(2,3)18/h4-10,14,23H,1,11,18H2,2-3H3,(H,19,21)(H,20,22)/b6-5+. The fourth-order valence-electron chi connectivity index (χ4n) is 1.87. The molecule has 0 bridgehead atoms. The zero-order chi connectivity index (χ0) is 18.2. The first-order valence-corrected chi connectivity index (χ1v) is 7.33. The lowest BCUT2D eigenvalue weighted by Crippen LogP contribution is -2.61. The quantitative estimate of drug-likeness (QED) is 0.324. The van der Waals surface area contributed by atoms with Crippen LogP contribution in [0.4, 0.5) is 0 Å². The molecular formula is C17H23N3O4. The van der Waals surface area contributed by atoms with Crippen LogP contribution in [0, 0.1) is 0 Å². The van der Waals surface area contributed by atoms with Crippen molar-refractivity contribution in [3.63, 3.8) is 0 Å². The van der Waals surface area contributed by atoms with Crippen molar-refractivity contribution in [2.75, 3.05) is 6.61 Å². The van der Waals surface area contributed by atoms with E-state index < -0.39 is 23.4 Å². The Hall–Kier alpha value is -2.64. The molecule has 1 atom stereocenters. The van der Waals surface area contributed by atoms with Gasteiger partial charge in [0.25, 0.3) is 11.8 Å². The van der Waals surface area contributed by atoms with E-state index in [1.54, 1.807) is 56.3 Å². The van der Waals surface area contributed by atoms with Crippen LogP contribution >= 0.6 is 0 Å². The molecule has 0 radical (unpaired) electrons. The second-order valence-corrected chi connectivity index (χ2v) is 5.70. The summed E-state index contributed by atoms with van der Waals surface area (Å²) in [6.45, 7) is 7.08. The van der Waals surface area contributed by atoms with E-state index in [-0.39, 0.29) is 0 Å². The molecule has 0 fully saturated rings. The number of nitrogens with two attached hydrogens (primary N) is 1. The van der Waals surface area contributed by atoms with Gasteiger partial charge in [0.15, 0.2) is 0 Å². The van der Waals surface area contributed by atoms with Crippen LogP contribution in [0.1, 0.15) is 24.2 Å². The van der Waals surface area contributed by atoms with Crippen LogP contribution in [0.25, 0.3) is 0 Å². The number of ether oxygens (including phenoxy) is 1. The third kappa shape index (κ3) is 5.86. The average Bonchev–Trinajstić information content (AvgIpc) is 2.55. The van der Waals surface area contributed by atoms with E-state index in [4.69, 9.17) is 15.7 Å². The molecule has 0 saturated heterocycles. The molecule has 5 N–H and O–H groups in total. The maximum atomic E-state index is 12.2. The number of carbonyl (C=O) groups excluding carboxylic acids is 2. The lowest BCUT2D eigenvalue weighted by molar-refractivity contribution is -0.132. The molecule has 1 unspecified atom stereocenters. The first-order valence-electron chi connectivity index (χ1n) is 7.33. The highest BCUT2D eigenvalue weighted by molar-refractivity contribution is 5.97. The summed E-state index contributed by atoms with van der Waals surface area (Å²) in [5.41, 5.74) is 6.65. The first kappa shape index (κ1) is 19.4. The predicted octanol–water partition coefficient (Wildman–Crippen LogP) is 1.15. The molecule has 7 nitrogen and oxygen atoms in total. The van der Waals surface area contributed by atoms with Gasteiger partial charge in [-0.05, 0) is 44.2 Å². The van der Waals surface area contributed by atoms with Crippen molar-refractivity contribution in [3.05, 3.63) is 54.6 Å². The predicted molar refractivity (Wildman–Crippen MR) is 90.7 cm³/mol. The topological polar surface area (TPSA) is 114 Å². The van der Waals surface area contributed by atoms with E-state index in [0.717, 1.165) is 0 Å². The lowest BCUT2D eigenvalue weighted by Gasteiger charge is -2.29. The van der Waals surface area contributed by atoms with E-state index in [9.17, 15) is 9.59 Å². The molecule has 0 aliphatic rings. The van der Waals surface area contributed by atoms with Crippen LogP contribution in [0.3, 0.4) is 0 Å². The van der Waals surface area contributed by atoms with Gasteiger partial charge in [0.1, 0.15) is 18.4 Å². The fraction of sp³-hybridized carbons (Fsp3) is 0.294. The van der Waals surface area contributed by atoms with Crippen molar-refractivity contribution in [1.29, 1.82) is 0 Å². The van der Waals surface area contributed by atoms with Crippen molar-refractivity contribution >= 4 is 11.8 Å². The van der Waals surface area contributed by atoms with E-state index in [2.05, 4.69) is 11.9 Å². The highest BCUT2D eigenvalue weighted by Crippen LogP contribution is 2.13. The summed E-state index contributed by atoms with van der Waals surface area (Å²) >= 11 is 0. The Morgan fingerprint density at radius 3 is 2.50 bits per heavy atom. The highest BCUT2D eigenvalue weighted by atomic mass is 16.5. The Bertz CT molecular complexity index is 603. The van der Waals surface area contributed by atoms with Gasteiger partial charge >= 0.3 is 0 Å². The van der Waals surface area contributed by atoms with Crippen LogP contribution in [-0.4, -0.2) is 35.2 Å². The molecule has 0 aromatic heterocycles. The largest absolute Gasteiger partial charge is 0.490 e. The van der Waals surface area contributed by atoms with Crippen LogP contribution < -0.4 is 21.3 Å². The number of hydrogen-bond donors (Lipinski definition) is 4. The number of allylic oxidation sites excluding steroid dienone is 2. The molecule has 7 heteroatoms. The Morgan fingerprint density at radius 2 is 2.00 bits per heavy atom. The molecule has 24 heavy (non-hydrogen) atoms.